The molecule has 146 valence electrons. The van der Waals surface area contributed by atoms with Crippen molar-refractivity contribution in [1.29, 1.82) is 0 Å². The van der Waals surface area contributed by atoms with Crippen LogP contribution in [0.15, 0.2) is 66.7 Å². The summed E-state index contributed by atoms with van der Waals surface area (Å²) in [6, 6.07) is 21.6. The molecule has 0 aliphatic heterocycles. The number of hydrogen-bond donors (Lipinski definition) is 3. The molecule has 0 saturated heterocycles. The predicted molar refractivity (Wildman–Crippen MR) is 111 cm³/mol. The summed E-state index contributed by atoms with van der Waals surface area (Å²) in [6.45, 7) is 2.01. The van der Waals surface area contributed by atoms with E-state index < -0.39 is 6.09 Å². The quantitative estimate of drug-likeness (QED) is 0.459. The minimum atomic E-state index is -0.573. The van der Waals surface area contributed by atoms with Crippen molar-refractivity contribution in [3.05, 3.63) is 77.9 Å². The molecule has 4 rings (SSSR count). The molecule has 0 atom stereocenters. The lowest BCUT2D eigenvalue weighted by Gasteiger charge is -2.21. The molecule has 0 radical (unpaired) electrons. The summed E-state index contributed by atoms with van der Waals surface area (Å²) in [7, 11) is 0. The van der Waals surface area contributed by atoms with Gasteiger partial charge in [-0.15, -0.1) is 0 Å². The van der Waals surface area contributed by atoms with E-state index in [9.17, 15) is 4.79 Å². The highest BCUT2D eigenvalue weighted by atomic mass is 16.5. The Morgan fingerprint density at radius 3 is 2.31 bits per heavy atom. The van der Waals surface area contributed by atoms with Gasteiger partial charge in [-0.25, -0.2) is 9.78 Å². The second kappa shape index (κ2) is 8.39. The Kier molecular flexibility index (Phi) is 5.33. The zero-order chi connectivity index (χ0) is 20.1. The SMILES string of the molecule is CCOC(=O)Nc1cc2n[nH]nc2c(NC(c2ccccc2)c2ccccc2)n1. The Morgan fingerprint density at radius 2 is 1.69 bits per heavy atom. The van der Waals surface area contributed by atoms with Crippen LogP contribution < -0.4 is 10.6 Å². The highest BCUT2D eigenvalue weighted by Gasteiger charge is 2.18. The van der Waals surface area contributed by atoms with E-state index in [1.165, 1.54) is 0 Å². The van der Waals surface area contributed by atoms with E-state index in [0.717, 1.165) is 11.1 Å². The number of aromatic nitrogens is 4. The number of nitrogens with zero attached hydrogens (tertiary/aromatic N) is 3. The van der Waals surface area contributed by atoms with Gasteiger partial charge < -0.3 is 10.1 Å². The third-order valence-corrected chi connectivity index (χ3v) is 4.36. The second-order valence-corrected chi connectivity index (χ2v) is 6.29. The third-order valence-electron chi connectivity index (χ3n) is 4.36. The van der Waals surface area contributed by atoms with Crippen molar-refractivity contribution in [2.75, 3.05) is 17.2 Å². The molecule has 3 N–H and O–H groups in total. The molecule has 1 amide bonds. The lowest BCUT2D eigenvalue weighted by atomic mass is 9.99. The number of amides is 1. The van der Waals surface area contributed by atoms with Crippen LogP contribution in [0.1, 0.15) is 24.1 Å². The van der Waals surface area contributed by atoms with Crippen LogP contribution in [0.3, 0.4) is 0 Å². The van der Waals surface area contributed by atoms with E-state index in [2.05, 4.69) is 31.0 Å². The topological polar surface area (TPSA) is 105 Å². The minimum absolute atomic E-state index is 0.164. The molecule has 0 saturated carbocycles. The second-order valence-electron chi connectivity index (χ2n) is 6.29. The molecule has 8 heteroatoms. The first-order valence-corrected chi connectivity index (χ1v) is 9.26. The van der Waals surface area contributed by atoms with Crippen LogP contribution in [0.2, 0.25) is 0 Å². The van der Waals surface area contributed by atoms with Crippen molar-refractivity contribution in [2.45, 2.75) is 13.0 Å². The summed E-state index contributed by atoms with van der Waals surface area (Å²) >= 11 is 0. The maximum Gasteiger partial charge on any atom is 0.412 e. The number of nitrogens with one attached hydrogen (secondary N) is 3. The Balaban J connectivity index is 1.74. The molecule has 4 aromatic rings. The van der Waals surface area contributed by atoms with Crippen LogP contribution in [0.5, 0.6) is 0 Å². The summed E-state index contributed by atoms with van der Waals surface area (Å²) in [5.74, 6) is 0.827. The Hall–Kier alpha value is -3.94. The van der Waals surface area contributed by atoms with Gasteiger partial charge >= 0.3 is 6.09 Å². The zero-order valence-electron chi connectivity index (χ0n) is 15.8. The molecule has 0 aliphatic rings. The van der Waals surface area contributed by atoms with Crippen LogP contribution in [0.4, 0.5) is 16.4 Å². The Bertz CT molecular complexity index is 1060. The maximum atomic E-state index is 11.8. The lowest BCUT2D eigenvalue weighted by molar-refractivity contribution is 0.168. The minimum Gasteiger partial charge on any atom is -0.450 e. The van der Waals surface area contributed by atoms with Gasteiger partial charge in [0.2, 0.25) is 0 Å². The number of aromatic amines is 1. The molecule has 2 heterocycles. The summed E-state index contributed by atoms with van der Waals surface area (Å²) < 4.78 is 4.94. The van der Waals surface area contributed by atoms with Gasteiger partial charge in [0.25, 0.3) is 0 Å². The number of benzene rings is 2. The molecule has 0 spiro atoms. The lowest BCUT2D eigenvalue weighted by Crippen LogP contribution is -2.17. The number of carbonyl (C=O) groups excluding carboxylic acids is 1. The highest BCUT2D eigenvalue weighted by molar-refractivity contribution is 5.91. The van der Waals surface area contributed by atoms with Crippen LogP contribution in [-0.2, 0) is 4.74 Å². The molecule has 2 aromatic heterocycles. The largest absolute Gasteiger partial charge is 0.450 e. The van der Waals surface area contributed by atoms with Gasteiger partial charge in [-0.05, 0) is 18.1 Å². The normalized spacial score (nSPS) is 10.8. The fourth-order valence-electron chi connectivity index (χ4n) is 3.07. The van der Waals surface area contributed by atoms with Gasteiger partial charge in [0, 0.05) is 6.07 Å². The van der Waals surface area contributed by atoms with Gasteiger partial charge in [-0.3, -0.25) is 5.32 Å². The van der Waals surface area contributed by atoms with Gasteiger partial charge in [0.1, 0.15) is 11.3 Å². The number of rotatable bonds is 6. The van der Waals surface area contributed by atoms with Crippen molar-refractivity contribution in [2.24, 2.45) is 0 Å². The average Bonchev–Trinajstić information content (AvgIpc) is 3.22. The number of hydrogen-bond acceptors (Lipinski definition) is 6. The standard InChI is InChI=1S/C21H20N6O2/c1-2-29-21(28)23-17-13-16-19(26-27-25-16)20(22-17)24-18(14-9-5-3-6-10-14)15-11-7-4-8-12-15/h3-13,18H,2H2,1H3,(H,25,26,27)(H2,22,23,24,28). The molecule has 0 aliphatic carbocycles. The predicted octanol–water partition coefficient (Wildman–Crippen LogP) is 4.12. The number of fused-ring (bicyclic) bond motifs is 1. The van der Waals surface area contributed by atoms with Crippen LogP contribution in [0.25, 0.3) is 11.0 Å². The van der Waals surface area contributed by atoms with E-state index >= 15 is 0 Å². The van der Waals surface area contributed by atoms with Crippen molar-refractivity contribution in [3.63, 3.8) is 0 Å². The van der Waals surface area contributed by atoms with Gasteiger partial charge in [-0.1, -0.05) is 60.7 Å². The first-order valence-electron chi connectivity index (χ1n) is 9.26. The molecular weight excluding hydrogens is 368 g/mol. The van der Waals surface area contributed by atoms with Crippen molar-refractivity contribution >= 4 is 28.8 Å². The van der Waals surface area contributed by atoms with E-state index in [1.807, 2.05) is 60.7 Å². The molecular formula is C21H20N6O2. The molecule has 0 unspecified atom stereocenters. The number of pyridine rings is 1. The summed E-state index contributed by atoms with van der Waals surface area (Å²) in [6.07, 6.45) is -0.573. The number of anilines is 2. The van der Waals surface area contributed by atoms with E-state index in [-0.39, 0.29) is 12.6 Å². The fourth-order valence-corrected chi connectivity index (χ4v) is 3.07. The van der Waals surface area contributed by atoms with E-state index in [4.69, 9.17) is 4.74 Å². The monoisotopic (exact) mass is 388 g/mol. The van der Waals surface area contributed by atoms with E-state index in [0.29, 0.717) is 22.7 Å². The third kappa shape index (κ3) is 4.16. The smallest absolute Gasteiger partial charge is 0.412 e. The summed E-state index contributed by atoms with van der Waals surface area (Å²) in [4.78, 5) is 16.4. The van der Waals surface area contributed by atoms with Crippen LogP contribution in [0, 0.1) is 0 Å². The summed E-state index contributed by atoms with van der Waals surface area (Å²) in [5.41, 5.74) is 3.30. The molecule has 29 heavy (non-hydrogen) atoms. The van der Waals surface area contributed by atoms with E-state index in [1.54, 1.807) is 13.0 Å². The maximum absolute atomic E-state index is 11.8. The van der Waals surface area contributed by atoms with Gasteiger partial charge in [0.15, 0.2) is 11.3 Å². The van der Waals surface area contributed by atoms with Crippen LogP contribution in [-0.4, -0.2) is 33.1 Å². The molecule has 2 aromatic carbocycles. The first kappa shape index (κ1) is 18.4. The van der Waals surface area contributed by atoms with Crippen molar-refractivity contribution in [3.8, 4) is 0 Å². The van der Waals surface area contributed by atoms with Gasteiger partial charge in [0.05, 0.1) is 12.6 Å². The first-order chi connectivity index (χ1) is 14.2. The highest BCUT2D eigenvalue weighted by Crippen LogP contribution is 2.29. The fraction of sp³-hybridized carbons (Fsp3) is 0.143. The van der Waals surface area contributed by atoms with Crippen LogP contribution >= 0.6 is 0 Å². The molecule has 8 nitrogen and oxygen atoms in total. The molecule has 0 fully saturated rings. The Morgan fingerprint density at radius 1 is 1.03 bits per heavy atom. The number of H-pyrrole nitrogens is 1. The number of ether oxygens (including phenoxy) is 1. The van der Waals surface area contributed by atoms with Crippen molar-refractivity contribution < 1.29 is 9.53 Å². The Labute approximate surface area is 167 Å². The zero-order valence-corrected chi connectivity index (χ0v) is 15.8. The number of carbonyl (C=O) groups is 1. The van der Waals surface area contributed by atoms with Gasteiger partial charge in [-0.2, -0.15) is 15.4 Å². The summed E-state index contributed by atoms with van der Waals surface area (Å²) in [5, 5.41) is 17.0. The average molecular weight is 388 g/mol. The van der Waals surface area contributed by atoms with Crippen molar-refractivity contribution in [1.82, 2.24) is 20.4 Å². The molecule has 0 bridgehead atoms.